The fourth-order valence-electron chi connectivity index (χ4n) is 3.89. The van der Waals surface area contributed by atoms with Crippen LogP contribution in [0.5, 0.6) is 17.2 Å². The summed E-state index contributed by atoms with van der Waals surface area (Å²) in [5.74, 6) is -0.209. The van der Waals surface area contributed by atoms with Gasteiger partial charge in [0.25, 0.3) is 5.91 Å². The minimum absolute atomic E-state index is 0.144. The topological polar surface area (TPSA) is 38.8 Å². The van der Waals surface area contributed by atoms with Crippen LogP contribution < -0.4 is 14.4 Å². The largest absolute Gasteiger partial charge is 0.573 e. The number of rotatable bonds is 3. The third-order valence-corrected chi connectivity index (χ3v) is 5.26. The van der Waals surface area contributed by atoms with Gasteiger partial charge in [-0.1, -0.05) is 51.1 Å². The smallest absolute Gasteiger partial charge is 0.454 e. The SMILES string of the molecule is CN1C(=O)c2ccc(-c3cccc(CC(C)(C)C)c3)cc2Oc2ccc(OC(F)(F)F)cc21. The molecular formula is C26H24F3NO3. The van der Waals surface area contributed by atoms with Crippen LogP contribution in [0.15, 0.2) is 60.7 Å². The predicted octanol–water partition coefficient (Wildman–Crippen LogP) is 7.22. The average Bonchev–Trinajstić information content (AvgIpc) is 2.81. The van der Waals surface area contributed by atoms with E-state index in [1.807, 2.05) is 18.2 Å². The first-order valence-corrected chi connectivity index (χ1v) is 10.5. The zero-order valence-electron chi connectivity index (χ0n) is 18.8. The lowest BCUT2D eigenvalue weighted by Crippen LogP contribution is -2.25. The molecule has 1 aliphatic rings. The number of amides is 1. The normalized spacial score (nSPS) is 13.7. The first kappa shape index (κ1) is 22.7. The quantitative estimate of drug-likeness (QED) is 0.418. The van der Waals surface area contributed by atoms with E-state index < -0.39 is 12.1 Å². The molecule has 4 rings (SSSR count). The second-order valence-electron chi connectivity index (χ2n) is 9.29. The van der Waals surface area contributed by atoms with Gasteiger partial charge in [0.1, 0.15) is 11.5 Å². The van der Waals surface area contributed by atoms with E-state index in [-0.39, 0.29) is 22.8 Å². The Labute approximate surface area is 190 Å². The number of alkyl halides is 3. The van der Waals surface area contributed by atoms with Crippen molar-refractivity contribution >= 4 is 11.6 Å². The molecule has 0 atom stereocenters. The number of hydrogen-bond donors (Lipinski definition) is 0. The highest BCUT2D eigenvalue weighted by atomic mass is 19.4. The monoisotopic (exact) mass is 455 g/mol. The molecular weight excluding hydrogens is 431 g/mol. The van der Waals surface area contributed by atoms with Crippen molar-refractivity contribution in [2.24, 2.45) is 5.41 Å². The maximum atomic E-state index is 13.0. The van der Waals surface area contributed by atoms with Crippen LogP contribution in [-0.4, -0.2) is 19.3 Å². The second-order valence-corrected chi connectivity index (χ2v) is 9.29. The number of carbonyl (C=O) groups excluding carboxylic acids is 1. The molecule has 0 saturated heterocycles. The van der Waals surface area contributed by atoms with Gasteiger partial charge in [-0.05, 0) is 52.8 Å². The molecule has 0 N–H and O–H groups in total. The fraction of sp³-hybridized carbons (Fsp3) is 0.269. The summed E-state index contributed by atoms with van der Waals surface area (Å²) < 4.78 is 47.9. The minimum atomic E-state index is -4.83. The van der Waals surface area contributed by atoms with Crippen LogP contribution in [0.1, 0.15) is 36.7 Å². The predicted molar refractivity (Wildman–Crippen MR) is 121 cm³/mol. The van der Waals surface area contributed by atoms with Crippen molar-refractivity contribution in [2.75, 3.05) is 11.9 Å². The Morgan fingerprint density at radius 2 is 1.64 bits per heavy atom. The lowest BCUT2D eigenvalue weighted by atomic mass is 9.87. The lowest BCUT2D eigenvalue weighted by molar-refractivity contribution is -0.274. The average molecular weight is 455 g/mol. The highest BCUT2D eigenvalue weighted by Gasteiger charge is 2.32. The first-order valence-electron chi connectivity index (χ1n) is 10.5. The van der Waals surface area contributed by atoms with E-state index in [1.165, 1.54) is 23.6 Å². The van der Waals surface area contributed by atoms with Gasteiger partial charge >= 0.3 is 6.36 Å². The molecule has 1 amide bonds. The number of ether oxygens (including phenoxy) is 2. The third-order valence-electron chi connectivity index (χ3n) is 5.26. The van der Waals surface area contributed by atoms with Crippen LogP contribution in [0.2, 0.25) is 0 Å². The summed E-state index contributed by atoms with van der Waals surface area (Å²) in [6, 6.07) is 17.2. The lowest BCUT2D eigenvalue weighted by Gasteiger charge is -2.18. The van der Waals surface area contributed by atoms with Crippen molar-refractivity contribution in [3.05, 3.63) is 71.8 Å². The molecule has 0 unspecified atom stereocenters. The Hall–Kier alpha value is -3.48. The van der Waals surface area contributed by atoms with E-state index >= 15 is 0 Å². The number of halogens is 3. The molecule has 0 bridgehead atoms. The molecule has 33 heavy (non-hydrogen) atoms. The van der Waals surface area contributed by atoms with E-state index in [1.54, 1.807) is 12.1 Å². The summed E-state index contributed by atoms with van der Waals surface area (Å²) in [6.45, 7) is 6.54. The van der Waals surface area contributed by atoms with Gasteiger partial charge in [-0.15, -0.1) is 13.2 Å². The van der Waals surface area contributed by atoms with Crippen LogP contribution in [-0.2, 0) is 6.42 Å². The Morgan fingerprint density at radius 3 is 2.33 bits per heavy atom. The molecule has 0 fully saturated rings. The van der Waals surface area contributed by atoms with Gasteiger partial charge in [0, 0.05) is 13.1 Å². The van der Waals surface area contributed by atoms with Gasteiger partial charge in [-0.2, -0.15) is 0 Å². The van der Waals surface area contributed by atoms with Crippen molar-refractivity contribution in [3.8, 4) is 28.4 Å². The molecule has 7 heteroatoms. The maximum Gasteiger partial charge on any atom is 0.573 e. The van der Waals surface area contributed by atoms with Gasteiger partial charge in [-0.3, -0.25) is 4.79 Å². The Bertz CT molecular complexity index is 1210. The summed E-state index contributed by atoms with van der Waals surface area (Å²) in [7, 11) is 1.49. The van der Waals surface area contributed by atoms with E-state index in [0.717, 1.165) is 29.7 Å². The van der Waals surface area contributed by atoms with Crippen LogP contribution >= 0.6 is 0 Å². The van der Waals surface area contributed by atoms with Gasteiger partial charge < -0.3 is 14.4 Å². The number of anilines is 1. The Morgan fingerprint density at radius 1 is 0.909 bits per heavy atom. The molecule has 3 aromatic carbocycles. The van der Waals surface area contributed by atoms with E-state index in [9.17, 15) is 18.0 Å². The highest BCUT2D eigenvalue weighted by Crippen LogP contribution is 2.42. The van der Waals surface area contributed by atoms with Crippen LogP contribution in [0, 0.1) is 5.41 Å². The number of benzene rings is 3. The number of hydrogen-bond acceptors (Lipinski definition) is 3. The van der Waals surface area contributed by atoms with Gasteiger partial charge in [-0.25, -0.2) is 0 Å². The van der Waals surface area contributed by atoms with Crippen LogP contribution in [0.4, 0.5) is 18.9 Å². The molecule has 0 saturated carbocycles. The molecule has 1 aliphatic heterocycles. The second kappa shape index (κ2) is 8.14. The maximum absolute atomic E-state index is 13.0. The summed E-state index contributed by atoms with van der Waals surface area (Å²) >= 11 is 0. The molecule has 0 spiro atoms. The molecule has 172 valence electrons. The van der Waals surface area contributed by atoms with Crippen LogP contribution in [0.3, 0.4) is 0 Å². The number of carbonyl (C=O) groups is 1. The molecule has 0 aliphatic carbocycles. The van der Waals surface area contributed by atoms with E-state index in [0.29, 0.717) is 11.3 Å². The first-order chi connectivity index (χ1) is 15.4. The molecule has 1 heterocycles. The highest BCUT2D eigenvalue weighted by molar-refractivity contribution is 6.09. The van der Waals surface area contributed by atoms with E-state index in [4.69, 9.17) is 4.74 Å². The number of fused-ring (bicyclic) bond motifs is 2. The van der Waals surface area contributed by atoms with Crippen molar-refractivity contribution in [1.29, 1.82) is 0 Å². The third kappa shape index (κ3) is 5.13. The van der Waals surface area contributed by atoms with Gasteiger partial charge in [0.2, 0.25) is 0 Å². The van der Waals surface area contributed by atoms with Gasteiger partial charge in [0.15, 0.2) is 5.75 Å². The fourth-order valence-corrected chi connectivity index (χ4v) is 3.89. The molecule has 0 radical (unpaired) electrons. The summed E-state index contributed by atoms with van der Waals surface area (Å²) in [4.78, 5) is 14.3. The van der Waals surface area contributed by atoms with Gasteiger partial charge in [0.05, 0.1) is 11.3 Å². The summed E-state index contributed by atoms with van der Waals surface area (Å²) in [6.07, 6.45) is -3.91. The number of nitrogens with zero attached hydrogens (tertiary/aromatic N) is 1. The van der Waals surface area contributed by atoms with Crippen molar-refractivity contribution < 1.29 is 27.4 Å². The summed E-state index contributed by atoms with van der Waals surface area (Å²) in [5, 5.41) is 0. The van der Waals surface area contributed by atoms with Crippen LogP contribution in [0.25, 0.3) is 11.1 Å². The zero-order chi connectivity index (χ0) is 24.0. The Kier molecular flexibility index (Phi) is 5.60. The minimum Gasteiger partial charge on any atom is -0.454 e. The molecule has 0 aromatic heterocycles. The Balaban J connectivity index is 1.71. The van der Waals surface area contributed by atoms with Crippen molar-refractivity contribution in [2.45, 2.75) is 33.6 Å². The zero-order valence-corrected chi connectivity index (χ0v) is 18.8. The molecule has 3 aromatic rings. The van der Waals surface area contributed by atoms with Crippen molar-refractivity contribution in [1.82, 2.24) is 0 Å². The molecule has 4 nitrogen and oxygen atoms in total. The summed E-state index contributed by atoms with van der Waals surface area (Å²) in [5.41, 5.74) is 3.72. The van der Waals surface area contributed by atoms with E-state index in [2.05, 4.69) is 37.6 Å². The standard InChI is InChI=1S/C26H24F3NO3/c1-25(2,3)15-16-6-5-7-17(12-16)18-8-10-20-23(13-18)32-22-11-9-19(33-26(27,28)29)14-21(22)30(4)24(20)31/h5-14H,15H2,1-4H3. The van der Waals surface area contributed by atoms with Crippen molar-refractivity contribution in [3.63, 3.8) is 0 Å².